The van der Waals surface area contributed by atoms with Crippen molar-refractivity contribution in [3.05, 3.63) is 0 Å². The topological polar surface area (TPSA) is 20.2 Å². The molecule has 0 spiro atoms. The molecule has 0 saturated heterocycles. The Balaban J connectivity index is 2.08. The summed E-state index contributed by atoms with van der Waals surface area (Å²) in [6.07, 6.45) is 6.21. The summed E-state index contributed by atoms with van der Waals surface area (Å²) in [4.78, 5) is 0. The Morgan fingerprint density at radius 1 is 0.846 bits per heavy atom. The molecule has 0 heterocycles. The fraction of sp³-hybridized carbons (Fsp3) is 1.00. The van der Waals surface area contributed by atoms with Gasteiger partial charge in [0.25, 0.3) is 0 Å². The molecule has 0 radical (unpaired) electrons. The van der Waals surface area contributed by atoms with Crippen molar-refractivity contribution in [3.8, 4) is 0 Å². The number of fused-ring (bicyclic) bond motifs is 1. The molecule has 13 heavy (non-hydrogen) atoms. The van der Waals surface area contributed by atoms with Crippen LogP contribution in [0.25, 0.3) is 0 Å². The number of hydrogen-bond acceptors (Lipinski definition) is 1. The third kappa shape index (κ3) is 1.76. The summed E-state index contributed by atoms with van der Waals surface area (Å²) in [6, 6.07) is 0. The van der Waals surface area contributed by atoms with Gasteiger partial charge in [-0.3, -0.25) is 0 Å². The smallest absolute Gasteiger partial charge is 0.0543 e. The Bertz CT molecular complexity index is 178. The third-order valence-electron chi connectivity index (χ3n) is 4.44. The van der Waals surface area contributed by atoms with Crippen LogP contribution >= 0.6 is 0 Å². The Kier molecular flexibility index (Phi) is 2.64. The third-order valence-corrected chi connectivity index (χ3v) is 4.44. The van der Waals surface area contributed by atoms with Crippen LogP contribution < -0.4 is 0 Å². The highest BCUT2D eigenvalue weighted by Gasteiger charge is 2.38. The molecule has 2 saturated carbocycles. The maximum absolute atomic E-state index is 9.70. The first-order chi connectivity index (χ1) is 6.18. The molecule has 0 aliphatic heterocycles. The monoisotopic (exact) mass is 182 g/mol. The maximum atomic E-state index is 9.70. The van der Waals surface area contributed by atoms with Crippen LogP contribution in [0.3, 0.4) is 0 Å². The molecule has 1 nitrogen and oxygen atoms in total. The molecule has 0 amide bonds. The Morgan fingerprint density at radius 3 is 2.23 bits per heavy atom. The van der Waals surface area contributed by atoms with Gasteiger partial charge in [0.2, 0.25) is 0 Å². The van der Waals surface area contributed by atoms with Crippen LogP contribution in [0.1, 0.15) is 46.0 Å². The molecule has 5 atom stereocenters. The van der Waals surface area contributed by atoms with Crippen molar-refractivity contribution in [1.82, 2.24) is 0 Å². The summed E-state index contributed by atoms with van der Waals surface area (Å²) in [5.74, 6) is 3.52. The van der Waals surface area contributed by atoms with E-state index < -0.39 is 0 Å². The van der Waals surface area contributed by atoms with E-state index in [-0.39, 0.29) is 6.10 Å². The summed E-state index contributed by atoms with van der Waals surface area (Å²) < 4.78 is 0. The number of hydrogen-bond donors (Lipinski definition) is 1. The van der Waals surface area contributed by atoms with E-state index in [1.807, 2.05) is 0 Å². The van der Waals surface area contributed by atoms with Gasteiger partial charge in [0.05, 0.1) is 6.10 Å². The minimum absolute atomic E-state index is 0.00667. The van der Waals surface area contributed by atoms with E-state index in [9.17, 15) is 5.11 Å². The minimum Gasteiger partial charge on any atom is -0.393 e. The van der Waals surface area contributed by atoms with E-state index in [0.29, 0.717) is 0 Å². The molecule has 2 fully saturated rings. The standard InChI is InChI=1S/C12H22O/c1-8-3-5-12-9(2)7-10(13)4-6-11(8)12/h8-13H,3-7H2,1-2H3. The van der Waals surface area contributed by atoms with Gasteiger partial charge in [-0.2, -0.15) is 0 Å². The van der Waals surface area contributed by atoms with Gasteiger partial charge in [0.1, 0.15) is 0 Å². The summed E-state index contributed by atoms with van der Waals surface area (Å²) in [7, 11) is 0. The highest BCUT2D eigenvalue weighted by atomic mass is 16.3. The predicted octanol–water partition coefficient (Wildman–Crippen LogP) is 2.83. The summed E-state index contributed by atoms with van der Waals surface area (Å²) in [5.41, 5.74) is 0. The molecule has 76 valence electrons. The van der Waals surface area contributed by atoms with E-state index in [2.05, 4.69) is 13.8 Å². The van der Waals surface area contributed by atoms with Crippen LogP contribution in [0.15, 0.2) is 0 Å². The molecular formula is C12H22O. The van der Waals surface area contributed by atoms with E-state index >= 15 is 0 Å². The number of aliphatic hydroxyl groups is 1. The number of rotatable bonds is 0. The largest absolute Gasteiger partial charge is 0.393 e. The predicted molar refractivity (Wildman–Crippen MR) is 54.4 cm³/mol. The lowest BCUT2D eigenvalue weighted by molar-refractivity contribution is 0.137. The van der Waals surface area contributed by atoms with Crippen molar-refractivity contribution in [3.63, 3.8) is 0 Å². The van der Waals surface area contributed by atoms with Crippen molar-refractivity contribution in [1.29, 1.82) is 0 Å². The van der Waals surface area contributed by atoms with Crippen molar-refractivity contribution in [2.24, 2.45) is 23.7 Å². The molecule has 0 bridgehead atoms. The quantitative estimate of drug-likeness (QED) is 0.611. The van der Waals surface area contributed by atoms with Gasteiger partial charge in [-0.25, -0.2) is 0 Å². The Hall–Kier alpha value is -0.0400. The normalized spacial score (nSPS) is 51.5. The second-order valence-corrected chi connectivity index (χ2v) is 5.33. The van der Waals surface area contributed by atoms with Gasteiger partial charge in [-0.1, -0.05) is 20.3 Å². The average molecular weight is 182 g/mol. The van der Waals surface area contributed by atoms with Crippen molar-refractivity contribution in [2.45, 2.75) is 52.1 Å². The molecule has 1 N–H and O–H groups in total. The van der Waals surface area contributed by atoms with Crippen molar-refractivity contribution >= 4 is 0 Å². The second-order valence-electron chi connectivity index (χ2n) is 5.33. The molecular weight excluding hydrogens is 160 g/mol. The molecule has 2 rings (SSSR count). The van der Waals surface area contributed by atoms with Gasteiger partial charge in [-0.15, -0.1) is 0 Å². The minimum atomic E-state index is -0.00667. The SMILES string of the molecule is CC1CCC2C(C)CC(O)CCC12. The van der Waals surface area contributed by atoms with Gasteiger partial charge in [0.15, 0.2) is 0 Å². The molecule has 5 unspecified atom stereocenters. The van der Waals surface area contributed by atoms with Crippen LogP contribution in [0.5, 0.6) is 0 Å². The van der Waals surface area contributed by atoms with Crippen LogP contribution in [0.4, 0.5) is 0 Å². The molecule has 0 aromatic carbocycles. The summed E-state index contributed by atoms with van der Waals surface area (Å²) in [6.45, 7) is 4.74. The zero-order valence-electron chi connectivity index (χ0n) is 8.87. The van der Waals surface area contributed by atoms with Crippen molar-refractivity contribution < 1.29 is 5.11 Å². The molecule has 1 heteroatoms. The summed E-state index contributed by atoms with van der Waals surface area (Å²) >= 11 is 0. The van der Waals surface area contributed by atoms with Crippen molar-refractivity contribution in [2.75, 3.05) is 0 Å². The Morgan fingerprint density at radius 2 is 1.46 bits per heavy atom. The van der Waals surface area contributed by atoms with E-state index in [0.717, 1.165) is 36.5 Å². The summed E-state index contributed by atoms with van der Waals surface area (Å²) in [5, 5.41) is 9.70. The van der Waals surface area contributed by atoms with Gasteiger partial charge >= 0.3 is 0 Å². The first-order valence-corrected chi connectivity index (χ1v) is 5.86. The zero-order valence-corrected chi connectivity index (χ0v) is 8.87. The van der Waals surface area contributed by atoms with Crippen LogP contribution in [0, 0.1) is 23.7 Å². The lowest BCUT2D eigenvalue weighted by Crippen LogP contribution is -2.17. The number of aliphatic hydroxyl groups excluding tert-OH is 1. The van der Waals surface area contributed by atoms with Gasteiger partial charge in [0, 0.05) is 0 Å². The highest BCUT2D eigenvalue weighted by molar-refractivity contribution is 4.89. The maximum Gasteiger partial charge on any atom is 0.0543 e. The Labute approximate surface area is 81.5 Å². The first kappa shape index (κ1) is 9.51. The fourth-order valence-electron chi connectivity index (χ4n) is 3.62. The molecule has 2 aliphatic rings. The fourth-order valence-corrected chi connectivity index (χ4v) is 3.62. The zero-order chi connectivity index (χ0) is 9.42. The van der Waals surface area contributed by atoms with Gasteiger partial charge < -0.3 is 5.11 Å². The highest BCUT2D eigenvalue weighted by Crippen LogP contribution is 2.46. The van der Waals surface area contributed by atoms with Crippen LogP contribution in [-0.4, -0.2) is 11.2 Å². The van der Waals surface area contributed by atoms with Crippen LogP contribution in [-0.2, 0) is 0 Å². The van der Waals surface area contributed by atoms with E-state index in [1.54, 1.807) is 0 Å². The first-order valence-electron chi connectivity index (χ1n) is 5.86. The lowest BCUT2D eigenvalue weighted by atomic mass is 9.81. The molecule has 0 aromatic heterocycles. The van der Waals surface area contributed by atoms with Crippen LogP contribution in [0.2, 0.25) is 0 Å². The second kappa shape index (κ2) is 3.61. The van der Waals surface area contributed by atoms with Gasteiger partial charge in [-0.05, 0) is 49.4 Å². The molecule has 0 aromatic rings. The average Bonchev–Trinajstić information content (AvgIpc) is 2.36. The lowest BCUT2D eigenvalue weighted by Gasteiger charge is -2.24. The van der Waals surface area contributed by atoms with E-state index in [1.165, 1.54) is 19.3 Å². The van der Waals surface area contributed by atoms with E-state index in [4.69, 9.17) is 0 Å². The molecule has 2 aliphatic carbocycles.